The molecule has 0 aliphatic rings. The van der Waals surface area contributed by atoms with Crippen LogP contribution in [-0.2, 0) is 18.6 Å². The first kappa shape index (κ1) is 14.1. The Hall–Kier alpha value is 0.584. The molecule has 0 spiro atoms. The summed E-state index contributed by atoms with van der Waals surface area (Å²) in [6, 6.07) is 0. The molecule has 0 bridgehead atoms. The molecule has 0 rings (SSSR count). The van der Waals surface area contributed by atoms with Crippen molar-refractivity contribution in [3.05, 3.63) is 13.8 Å². The van der Waals surface area contributed by atoms with E-state index in [0.29, 0.717) is 5.41 Å². The number of hydrogen-bond acceptors (Lipinski definition) is 0. The van der Waals surface area contributed by atoms with Crippen LogP contribution in [0.25, 0.3) is 0 Å². The van der Waals surface area contributed by atoms with Gasteiger partial charge in [0.1, 0.15) is 0 Å². The van der Waals surface area contributed by atoms with Crippen LogP contribution < -0.4 is 0 Å². The van der Waals surface area contributed by atoms with Crippen molar-refractivity contribution in [3.8, 4) is 0 Å². The fraction of sp³-hybridized carbons (Fsp3) is 0.800. The molecule has 0 unspecified atom stereocenters. The molecule has 0 aliphatic heterocycles. The van der Waals surface area contributed by atoms with Crippen molar-refractivity contribution in [2.75, 3.05) is 0 Å². The molecule has 1 heteroatoms. The first-order chi connectivity index (χ1) is 4.49. The van der Waals surface area contributed by atoms with Gasteiger partial charge in [0.2, 0.25) is 0 Å². The van der Waals surface area contributed by atoms with E-state index in [2.05, 4.69) is 34.6 Å². The zero-order valence-electron chi connectivity index (χ0n) is 8.06. The molecule has 0 amide bonds. The quantitative estimate of drug-likeness (QED) is 0.599. The average molecular weight is 191 g/mol. The molecule has 0 N–H and O–H groups in total. The summed E-state index contributed by atoms with van der Waals surface area (Å²) >= 11 is 0. The van der Waals surface area contributed by atoms with Crippen molar-refractivity contribution in [3.63, 3.8) is 0 Å². The normalized spacial score (nSPS) is 11.5. The number of hydrogen-bond donors (Lipinski definition) is 0. The van der Waals surface area contributed by atoms with Crippen LogP contribution in [0, 0.1) is 25.2 Å². The minimum atomic E-state index is 0. The van der Waals surface area contributed by atoms with Gasteiger partial charge in [-0.2, -0.15) is 12.8 Å². The molecule has 1 radical (unpaired) electrons. The average Bonchev–Trinajstić information content (AvgIpc) is 1.81. The van der Waals surface area contributed by atoms with Crippen molar-refractivity contribution in [1.29, 1.82) is 0 Å². The third kappa shape index (κ3) is 8.49. The third-order valence-electron chi connectivity index (χ3n) is 1.72. The molecule has 0 nitrogen and oxygen atoms in total. The van der Waals surface area contributed by atoms with Crippen molar-refractivity contribution >= 4 is 0 Å². The van der Waals surface area contributed by atoms with Gasteiger partial charge >= 0.3 is 18.6 Å². The van der Waals surface area contributed by atoms with E-state index in [1.165, 1.54) is 6.42 Å². The Labute approximate surface area is 84.0 Å². The SMILES string of the molecule is [CH2-]CC(C[CH2-])CC(C)(C)C.[V+2]. The molecule has 0 atom stereocenters. The zero-order valence-corrected chi connectivity index (χ0v) is 9.46. The van der Waals surface area contributed by atoms with Gasteiger partial charge in [-0.15, -0.1) is 0 Å². The predicted octanol–water partition coefficient (Wildman–Crippen LogP) is 3.48. The molecule has 0 fully saturated rings. The molecule has 65 valence electrons. The molecule has 0 saturated carbocycles. The second-order valence-corrected chi connectivity index (χ2v) is 4.21. The Bertz CT molecular complexity index is 77.4. The molecule has 0 aliphatic carbocycles. The van der Waals surface area contributed by atoms with E-state index < -0.39 is 0 Å². The molecule has 0 heterocycles. The monoisotopic (exact) mass is 191 g/mol. The number of rotatable bonds is 3. The Balaban J connectivity index is 0. The zero-order chi connectivity index (χ0) is 8.20. The second-order valence-electron chi connectivity index (χ2n) is 4.21. The van der Waals surface area contributed by atoms with Crippen molar-refractivity contribution in [1.82, 2.24) is 0 Å². The Morgan fingerprint density at radius 1 is 1.09 bits per heavy atom. The summed E-state index contributed by atoms with van der Waals surface area (Å²) in [5.41, 5.74) is 0.444. The Morgan fingerprint density at radius 2 is 1.45 bits per heavy atom. The van der Waals surface area contributed by atoms with E-state index in [-0.39, 0.29) is 18.6 Å². The van der Waals surface area contributed by atoms with Crippen LogP contribution >= 0.6 is 0 Å². The Kier molecular flexibility index (Phi) is 7.89. The summed E-state index contributed by atoms with van der Waals surface area (Å²) in [5.74, 6) is 0.722. The van der Waals surface area contributed by atoms with Gasteiger partial charge in [0, 0.05) is 0 Å². The maximum atomic E-state index is 3.90. The first-order valence-corrected chi connectivity index (χ1v) is 4.08. The molecule has 11 heavy (non-hydrogen) atoms. The van der Waals surface area contributed by atoms with Gasteiger partial charge in [0.15, 0.2) is 0 Å². The summed E-state index contributed by atoms with van der Waals surface area (Å²) in [7, 11) is 0. The molecular formula is C10H20V. The van der Waals surface area contributed by atoms with Crippen LogP contribution in [0.15, 0.2) is 0 Å². The van der Waals surface area contributed by atoms with Crippen LogP contribution in [0.3, 0.4) is 0 Å². The van der Waals surface area contributed by atoms with E-state index in [0.717, 1.165) is 18.8 Å². The van der Waals surface area contributed by atoms with Crippen molar-refractivity contribution < 1.29 is 18.6 Å². The van der Waals surface area contributed by atoms with Crippen LogP contribution in [-0.4, -0.2) is 0 Å². The molecule has 0 aromatic carbocycles. The van der Waals surface area contributed by atoms with Crippen molar-refractivity contribution in [2.45, 2.75) is 40.0 Å². The standard InChI is InChI=1S/C10H20.V/c1-6-9(7-2)8-10(3,4)5;/h9H,1-2,6-8H2,3-5H3;/q-2;+2. The summed E-state index contributed by atoms with van der Waals surface area (Å²) in [4.78, 5) is 0. The third-order valence-corrected chi connectivity index (χ3v) is 1.72. The molecule has 0 aromatic heterocycles. The fourth-order valence-corrected chi connectivity index (χ4v) is 1.21. The minimum absolute atomic E-state index is 0. The summed E-state index contributed by atoms with van der Waals surface area (Å²) < 4.78 is 0. The van der Waals surface area contributed by atoms with E-state index in [4.69, 9.17) is 0 Å². The van der Waals surface area contributed by atoms with Crippen LogP contribution in [0.5, 0.6) is 0 Å². The van der Waals surface area contributed by atoms with Crippen LogP contribution in [0.4, 0.5) is 0 Å². The van der Waals surface area contributed by atoms with Gasteiger partial charge in [0.05, 0.1) is 0 Å². The van der Waals surface area contributed by atoms with E-state index in [1.807, 2.05) is 0 Å². The van der Waals surface area contributed by atoms with Gasteiger partial charge in [0.25, 0.3) is 0 Å². The maximum absolute atomic E-state index is 3.90. The van der Waals surface area contributed by atoms with Gasteiger partial charge < -0.3 is 13.8 Å². The summed E-state index contributed by atoms with van der Waals surface area (Å²) in [6.07, 6.45) is 3.31. The molecular weight excluding hydrogens is 171 g/mol. The smallest absolute Gasteiger partial charge is 0.343 e. The maximum Gasteiger partial charge on any atom is 2.00 e. The topological polar surface area (TPSA) is 0 Å². The van der Waals surface area contributed by atoms with Crippen LogP contribution in [0.2, 0.25) is 0 Å². The fourth-order valence-electron chi connectivity index (χ4n) is 1.21. The minimum Gasteiger partial charge on any atom is -0.343 e. The second kappa shape index (κ2) is 6.14. The summed E-state index contributed by atoms with van der Waals surface area (Å²) in [5, 5.41) is 0. The van der Waals surface area contributed by atoms with Crippen molar-refractivity contribution in [2.24, 2.45) is 11.3 Å². The molecule has 0 saturated heterocycles. The first-order valence-electron chi connectivity index (χ1n) is 4.08. The van der Waals surface area contributed by atoms with E-state index in [9.17, 15) is 0 Å². The van der Waals surface area contributed by atoms with Gasteiger partial charge in [-0.3, -0.25) is 0 Å². The molecule has 0 aromatic rings. The Morgan fingerprint density at radius 3 is 1.55 bits per heavy atom. The summed E-state index contributed by atoms with van der Waals surface area (Å²) in [6.45, 7) is 14.6. The predicted molar refractivity (Wildman–Crippen MR) is 47.5 cm³/mol. The van der Waals surface area contributed by atoms with Gasteiger partial charge in [-0.1, -0.05) is 33.1 Å². The van der Waals surface area contributed by atoms with Crippen LogP contribution in [0.1, 0.15) is 40.0 Å². The largest absolute Gasteiger partial charge is 2.00 e. The van der Waals surface area contributed by atoms with E-state index in [1.54, 1.807) is 0 Å². The van der Waals surface area contributed by atoms with E-state index >= 15 is 0 Å². The van der Waals surface area contributed by atoms with Gasteiger partial charge in [-0.25, -0.2) is 0 Å². The van der Waals surface area contributed by atoms with Gasteiger partial charge in [-0.05, 0) is 5.41 Å².